The van der Waals surface area contributed by atoms with E-state index < -0.39 is 0 Å². The molecule has 100 valence electrons. The van der Waals surface area contributed by atoms with Crippen molar-refractivity contribution < 1.29 is 0 Å². The van der Waals surface area contributed by atoms with Crippen LogP contribution in [0.5, 0.6) is 0 Å². The largest absolute Gasteiger partial charge is 0.346 e. The van der Waals surface area contributed by atoms with E-state index in [0.717, 1.165) is 10.2 Å². The molecule has 0 saturated heterocycles. The summed E-state index contributed by atoms with van der Waals surface area (Å²) in [6.45, 7) is 0. The maximum Gasteiger partial charge on any atom is 0.104 e. The van der Waals surface area contributed by atoms with Gasteiger partial charge < -0.3 is 4.98 Å². The first-order valence-corrected chi connectivity index (χ1v) is 7.34. The van der Waals surface area contributed by atoms with E-state index in [1.807, 2.05) is 12.1 Å². The number of aromatic nitrogens is 1. The summed E-state index contributed by atoms with van der Waals surface area (Å²) in [4.78, 5) is 3.36. The molecule has 0 unspecified atom stereocenters. The van der Waals surface area contributed by atoms with Gasteiger partial charge in [-0.1, -0.05) is 78.9 Å². The van der Waals surface area contributed by atoms with Gasteiger partial charge in [0.25, 0.3) is 0 Å². The molecule has 4 aromatic rings. The summed E-state index contributed by atoms with van der Waals surface area (Å²) in [5.41, 5.74) is 3.48. The van der Waals surface area contributed by atoms with Crippen molar-refractivity contribution in [3.8, 4) is 11.1 Å². The molecule has 1 N–H and O–H groups in total. The second-order valence-corrected chi connectivity index (χ2v) is 5.56. The molecule has 1 aromatic heterocycles. The molecule has 0 radical (unpaired) electrons. The number of nitrogens with one attached hydrogen (secondary N) is 1. The minimum atomic E-state index is 0.762. The lowest BCUT2D eigenvalue weighted by atomic mass is 9.98. The van der Waals surface area contributed by atoms with Crippen LogP contribution in [-0.2, 0) is 0 Å². The van der Waals surface area contributed by atoms with Crippen molar-refractivity contribution in [2.24, 2.45) is 0 Å². The van der Waals surface area contributed by atoms with E-state index >= 15 is 0 Å². The molecule has 3 aromatic carbocycles. The van der Waals surface area contributed by atoms with Gasteiger partial charge in [-0.15, -0.1) is 0 Å². The van der Waals surface area contributed by atoms with E-state index in [-0.39, 0.29) is 0 Å². The highest BCUT2D eigenvalue weighted by Crippen LogP contribution is 2.31. The topological polar surface area (TPSA) is 15.8 Å². The Morgan fingerprint density at radius 2 is 1.48 bits per heavy atom. The van der Waals surface area contributed by atoms with Crippen molar-refractivity contribution in [3.63, 3.8) is 0 Å². The van der Waals surface area contributed by atoms with Crippen molar-refractivity contribution in [3.05, 3.63) is 77.4 Å². The van der Waals surface area contributed by atoms with Crippen LogP contribution in [-0.4, -0.2) is 4.98 Å². The summed E-state index contributed by atoms with van der Waals surface area (Å²) < 4.78 is 0.762. The Bertz CT molecular complexity index is 1000. The van der Waals surface area contributed by atoms with Gasteiger partial charge in [0, 0.05) is 10.8 Å². The summed E-state index contributed by atoms with van der Waals surface area (Å²) in [7, 11) is 0. The molecule has 0 aliphatic carbocycles. The average Bonchev–Trinajstić information content (AvgIpc) is 2.55. The van der Waals surface area contributed by atoms with Crippen LogP contribution >= 0.6 is 12.2 Å². The fourth-order valence-corrected chi connectivity index (χ4v) is 3.08. The summed E-state index contributed by atoms with van der Waals surface area (Å²) in [5.74, 6) is 0. The van der Waals surface area contributed by atoms with Gasteiger partial charge in [0.2, 0.25) is 0 Å². The molecule has 0 fully saturated rings. The van der Waals surface area contributed by atoms with E-state index in [2.05, 4.69) is 65.6 Å². The van der Waals surface area contributed by atoms with Crippen molar-refractivity contribution >= 4 is 33.9 Å². The minimum Gasteiger partial charge on any atom is -0.346 e. The van der Waals surface area contributed by atoms with Crippen LogP contribution in [0.4, 0.5) is 0 Å². The monoisotopic (exact) mass is 287 g/mol. The number of hydrogen-bond acceptors (Lipinski definition) is 1. The molecule has 2 heteroatoms. The van der Waals surface area contributed by atoms with Gasteiger partial charge >= 0.3 is 0 Å². The average molecular weight is 287 g/mol. The van der Waals surface area contributed by atoms with Crippen LogP contribution in [0, 0.1) is 4.64 Å². The number of hydrogen-bond donors (Lipinski definition) is 1. The van der Waals surface area contributed by atoms with Crippen LogP contribution in [0.1, 0.15) is 0 Å². The van der Waals surface area contributed by atoms with Gasteiger partial charge in [-0.25, -0.2) is 0 Å². The summed E-state index contributed by atoms with van der Waals surface area (Å²) in [5, 5.41) is 3.63. The minimum absolute atomic E-state index is 0.762. The number of fused-ring (bicyclic) bond motifs is 3. The molecule has 21 heavy (non-hydrogen) atoms. The van der Waals surface area contributed by atoms with Crippen molar-refractivity contribution in [1.29, 1.82) is 0 Å². The Hall–Kier alpha value is -2.45. The van der Waals surface area contributed by atoms with Gasteiger partial charge in [0.05, 0.1) is 5.52 Å². The number of aromatic amines is 1. The zero-order chi connectivity index (χ0) is 14.2. The van der Waals surface area contributed by atoms with Gasteiger partial charge in [0.1, 0.15) is 4.64 Å². The predicted octanol–water partition coefficient (Wildman–Crippen LogP) is 5.72. The zero-order valence-electron chi connectivity index (χ0n) is 11.3. The maximum absolute atomic E-state index is 5.43. The third-order valence-electron chi connectivity index (χ3n) is 3.83. The SMILES string of the molecule is S=c1cc(-c2ccccc2)c2ccc3ccccc3c2[nH]1. The molecular formula is C19H13NS. The molecule has 0 aliphatic rings. The van der Waals surface area contributed by atoms with Gasteiger partial charge in [0.15, 0.2) is 0 Å². The highest BCUT2D eigenvalue weighted by Gasteiger charge is 2.07. The van der Waals surface area contributed by atoms with E-state index in [4.69, 9.17) is 12.2 Å². The number of rotatable bonds is 1. The lowest BCUT2D eigenvalue weighted by molar-refractivity contribution is 1.39. The normalized spacial score (nSPS) is 11.0. The third-order valence-corrected chi connectivity index (χ3v) is 4.05. The van der Waals surface area contributed by atoms with Crippen LogP contribution in [0.15, 0.2) is 72.8 Å². The molecule has 0 saturated carbocycles. The fourth-order valence-electron chi connectivity index (χ4n) is 2.86. The Kier molecular flexibility index (Phi) is 2.83. The highest BCUT2D eigenvalue weighted by molar-refractivity contribution is 7.71. The Labute approximate surface area is 127 Å². The molecule has 1 nitrogen and oxygen atoms in total. The molecule has 0 bridgehead atoms. The predicted molar refractivity (Wildman–Crippen MR) is 92.1 cm³/mol. The van der Waals surface area contributed by atoms with Gasteiger partial charge in [-0.3, -0.25) is 0 Å². The molecule has 0 spiro atoms. The quantitative estimate of drug-likeness (QED) is 0.350. The van der Waals surface area contributed by atoms with Gasteiger partial charge in [-0.05, 0) is 22.6 Å². The molecular weight excluding hydrogens is 274 g/mol. The second-order valence-electron chi connectivity index (χ2n) is 5.12. The first kappa shape index (κ1) is 12.3. The zero-order valence-corrected chi connectivity index (χ0v) is 12.2. The highest BCUT2D eigenvalue weighted by atomic mass is 32.1. The van der Waals surface area contributed by atoms with Crippen LogP contribution in [0.3, 0.4) is 0 Å². The van der Waals surface area contributed by atoms with E-state index in [9.17, 15) is 0 Å². The molecule has 0 aliphatic heterocycles. The molecule has 0 atom stereocenters. The molecule has 1 heterocycles. The summed E-state index contributed by atoms with van der Waals surface area (Å²) >= 11 is 5.43. The van der Waals surface area contributed by atoms with Crippen LogP contribution in [0.25, 0.3) is 32.8 Å². The van der Waals surface area contributed by atoms with Crippen LogP contribution in [0.2, 0.25) is 0 Å². The second kappa shape index (κ2) is 4.83. The van der Waals surface area contributed by atoms with Crippen LogP contribution < -0.4 is 0 Å². The van der Waals surface area contributed by atoms with Gasteiger partial charge in [-0.2, -0.15) is 0 Å². The molecule has 0 amide bonds. The Morgan fingerprint density at radius 3 is 2.33 bits per heavy atom. The van der Waals surface area contributed by atoms with Crippen molar-refractivity contribution in [2.75, 3.05) is 0 Å². The standard InChI is InChI=1S/C19H13NS/c21-18-12-17(13-6-2-1-3-7-13)16-11-10-14-8-4-5-9-15(14)19(16)20-18/h1-12H,(H,20,21). The molecule has 4 rings (SSSR count). The van der Waals surface area contributed by atoms with Crippen molar-refractivity contribution in [1.82, 2.24) is 4.98 Å². The first-order chi connectivity index (χ1) is 10.3. The van der Waals surface area contributed by atoms with Crippen molar-refractivity contribution in [2.45, 2.75) is 0 Å². The number of benzene rings is 3. The van der Waals surface area contributed by atoms with E-state index in [1.54, 1.807) is 0 Å². The van der Waals surface area contributed by atoms with E-state index in [1.165, 1.54) is 27.3 Å². The van der Waals surface area contributed by atoms with E-state index in [0.29, 0.717) is 0 Å². The fraction of sp³-hybridized carbons (Fsp3) is 0. The first-order valence-electron chi connectivity index (χ1n) is 6.93. The number of pyridine rings is 1. The smallest absolute Gasteiger partial charge is 0.104 e. The summed E-state index contributed by atoms with van der Waals surface area (Å²) in [6.07, 6.45) is 0. The third kappa shape index (κ3) is 2.05. The summed E-state index contributed by atoms with van der Waals surface area (Å²) in [6, 6.07) is 25.2. The maximum atomic E-state index is 5.43. The Balaban J connectivity index is 2.18. The lowest BCUT2D eigenvalue weighted by Crippen LogP contribution is -1.87. The lowest BCUT2D eigenvalue weighted by Gasteiger charge is -2.09. The number of H-pyrrole nitrogens is 1. The Morgan fingerprint density at radius 1 is 0.714 bits per heavy atom.